The highest BCUT2D eigenvalue weighted by Crippen LogP contribution is 2.09. The molecule has 0 saturated carbocycles. The molecule has 0 rings (SSSR count). The van der Waals surface area contributed by atoms with Crippen LogP contribution in [0.4, 0.5) is 0 Å². The highest BCUT2D eigenvalue weighted by Gasteiger charge is 2.15. The summed E-state index contributed by atoms with van der Waals surface area (Å²) in [5, 5.41) is 0. The Hall–Kier alpha value is -0.680. The smallest absolute Gasteiger partial charge is 0.222 e. The zero-order chi connectivity index (χ0) is 13.3. The van der Waals surface area contributed by atoms with Crippen LogP contribution in [-0.2, 0) is 9.53 Å². The number of ether oxygens (including phenoxy) is 1. The zero-order valence-electron chi connectivity index (χ0n) is 11.1. The number of rotatable bonds is 9. The highest BCUT2D eigenvalue weighted by atomic mass is 32.1. The maximum absolute atomic E-state index is 12.0. The summed E-state index contributed by atoms with van der Waals surface area (Å²) in [5.74, 6) is 0.574. The molecule has 0 bridgehead atoms. The molecule has 0 aliphatic rings. The van der Waals surface area contributed by atoms with Crippen molar-refractivity contribution in [2.24, 2.45) is 11.7 Å². The molecule has 100 valence electrons. The number of amides is 1. The van der Waals surface area contributed by atoms with Crippen LogP contribution in [0.2, 0.25) is 0 Å². The SMILES string of the molecule is CCC(C)CC(=O)N(CCOC)CCC(N)=S. The molecular weight excluding hydrogens is 236 g/mol. The van der Waals surface area contributed by atoms with Gasteiger partial charge in [-0.15, -0.1) is 0 Å². The summed E-state index contributed by atoms with van der Waals surface area (Å²) >= 11 is 4.83. The molecule has 1 amide bonds. The van der Waals surface area contributed by atoms with E-state index in [9.17, 15) is 4.79 Å². The molecule has 0 radical (unpaired) electrons. The van der Waals surface area contributed by atoms with Crippen LogP contribution < -0.4 is 5.73 Å². The number of hydrogen-bond acceptors (Lipinski definition) is 3. The van der Waals surface area contributed by atoms with E-state index in [-0.39, 0.29) is 5.91 Å². The fourth-order valence-electron chi connectivity index (χ4n) is 1.38. The predicted octanol–water partition coefficient (Wildman–Crippen LogP) is 1.57. The van der Waals surface area contributed by atoms with Gasteiger partial charge < -0.3 is 15.4 Å². The minimum absolute atomic E-state index is 0.160. The van der Waals surface area contributed by atoms with Gasteiger partial charge in [0.1, 0.15) is 0 Å². The second-order valence-corrected chi connectivity index (χ2v) is 4.83. The summed E-state index contributed by atoms with van der Waals surface area (Å²) in [5.41, 5.74) is 5.46. The van der Waals surface area contributed by atoms with Crippen LogP contribution in [0.5, 0.6) is 0 Å². The minimum atomic E-state index is 0.160. The van der Waals surface area contributed by atoms with Gasteiger partial charge in [0.25, 0.3) is 0 Å². The standard InChI is InChI=1S/C12H24N2O2S/c1-4-10(2)9-12(15)14(7-8-16-3)6-5-11(13)17/h10H,4-9H2,1-3H3,(H2,13,17). The van der Waals surface area contributed by atoms with Crippen molar-refractivity contribution in [3.05, 3.63) is 0 Å². The van der Waals surface area contributed by atoms with Crippen molar-refractivity contribution in [1.82, 2.24) is 4.90 Å². The van der Waals surface area contributed by atoms with E-state index >= 15 is 0 Å². The number of carbonyl (C=O) groups is 1. The van der Waals surface area contributed by atoms with E-state index in [4.69, 9.17) is 22.7 Å². The Balaban J connectivity index is 4.23. The molecule has 0 heterocycles. The van der Waals surface area contributed by atoms with Crippen LogP contribution in [0.3, 0.4) is 0 Å². The molecule has 17 heavy (non-hydrogen) atoms. The first-order valence-electron chi connectivity index (χ1n) is 6.06. The molecule has 0 aliphatic carbocycles. The second-order valence-electron chi connectivity index (χ2n) is 4.31. The molecule has 2 N–H and O–H groups in total. The van der Waals surface area contributed by atoms with E-state index in [0.717, 1.165) is 6.42 Å². The van der Waals surface area contributed by atoms with Crippen LogP contribution in [0.25, 0.3) is 0 Å². The van der Waals surface area contributed by atoms with Crippen LogP contribution in [0, 0.1) is 5.92 Å². The number of hydrogen-bond donors (Lipinski definition) is 1. The Morgan fingerprint density at radius 3 is 2.59 bits per heavy atom. The molecule has 1 atom stereocenters. The summed E-state index contributed by atoms with van der Waals surface area (Å²) in [6, 6.07) is 0. The minimum Gasteiger partial charge on any atom is -0.393 e. The monoisotopic (exact) mass is 260 g/mol. The predicted molar refractivity (Wildman–Crippen MR) is 73.9 cm³/mol. The average molecular weight is 260 g/mol. The summed E-state index contributed by atoms with van der Waals surface area (Å²) < 4.78 is 5.00. The summed E-state index contributed by atoms with van der Waals surface area (Å²) in [6.07, 6.45) is 2.17. The van der Waals surface area contributed by atoms with E-state index in [1.807, 2.05) is 0 Å². The number of methoxy groups -OCH3 is 1. The van der Waals surface area contributed by atoms with Gasteiger partial charge in [-0.1, -0.05) is 32.5 Å². The Morgan fingerprint density at radius 2 is 2.12 bits per heavy atom. The maximum Gasteiger partial charge on any atom is 0.222 e. The van der Waals surface area contributed by atoms with Gasteiger partial charge >= 0.3 is 0 Å². The van der Waals surface area contributed by atoms with Gasteiger partial charge in [-0.25, -0.2) is 0 Å². The van der Waals surface area contributed by atoms with E-state index < -0.39 is 0 Å². The molecular formula is C12H24N2O2S. The van der Waals surface area contributed by atoms with E-state index in [0.29, 0.717) is 43.4 Å². The highest BCUT2D eigenvalue weighted by molar-refractivity contribution is 7.80. The Kier molecular flexibility index (Phi) is 8.99. The topological polar surface area (TPSA) is 55.6 Å². The quantitative estimate of drug-likeness (QED) is 0.639. The number of thiocarbonyl (C=S) groups is 1. The average Bonchev–Trinajstić information content (AvgIpc) is 2.28. The third-order valence-electron chi connectivity index (χ3n) is 2.77. The molecule has 0 saturated heterocycles. The van der Waals surface area contributed by atoms with Crippen LogP contribution in [-0.4, -0.2) is 42.6 Å². The maximum atomic E-state index is 12.0. The van der Waals surface area contributed by atoms with Gasteiger partial charge in [-0.3, -0.25) is 4.79 Å². The van der Waals surface area contributed by atoms with Crippen molar-refractivity contribution in [2.75, 3.05) is 26.8 Å². The lowest BCUT2D eigenvalue weighted by atomic mass is 10.0. The third-order valence-corrected chi connectivity index (χ3v) is 2.97. The summed E-state index contributed by atoms with van der Waals surface area (Å²) in [6.45, 7) is 5.92. The van der Waals surface area contributed by atoms with Gasteiger partial charge in [0, 0.05) is 33.0 Å². The number of carbonyl (C=O) groups excluding carboxylic acids is 1. The van der Waals surface area contributed by atoms with Crippen molar-refractivity contribution < 1.29 is 9.53 Å². The summed E-state index contributed by atoms with van der Waals surface area (Å²) in [4.78, 5) is 14.3. The van der Waals surface area contributed by atoms with Crippen LogP contribution in [0.1, 0.15) is 33.1 Å². The van der Waals surface area contributed by atoms with Gasteiger partial charge in [0.05, 0.1) is 11.6 Å². The third kappa shape index (κ3) is 8.10. The first-order chi connectivity index (χ1) is 8.01. The molecule has 0 aromatic heterocycles. The Morgan fingerprint density at radius 1 is 1.47 bits per heavy atom. The lowest BCUT2D eigenvalue weighted by Crippen LogP contribution is -2.36. The zero-order valence-corrected chi connectivity index (χ0v) is 11.9. The lowest BCUT2D eigenvalue weighted by Gasteiger charge is -2.23. The normalized spacial score (nSPS) is 12.2. The van der Waals surface area contributed by atoms with E-state index in [2.05, 4.69) is 13.8 Å². The lowest BCUT2D eigenvalue weighted by molar-refractivity contribution is -0.132. The Bertz CT molecular complexity index is 247. The van der Waals surface area contributed by atoms with E-state index in [1.165, 1.54) is 0 Å². The molecule has 0 aromatic rings. The fourth-order valence-corrected chi connectivity index (χ4v) is 1.47. The van der Waals surface area contributed by atoms with Crippen molar-refractivity contribution in [2.45, 2.75) is 33.1 Å². The van der Waals surface area contributed by atoms with Gasteiger partial charge in [-0.2, -0.15) is 0 Å². The van der Waals surface area contributed by atoms with Crippen molar-refractivity contribution in [1.29, 1.82) is 0 Å². The van der Waals surface area contributed by atoms with Gasteiger partial charge in [0.15, 0.2) is 0 Å². The molecule has 4 nitrogen and oxygen atoms in total. The Labute approximate surface area is 109 Å². The van der Waals surface area contributed by atoms with Crippen molar-refractivity contribution in [3.8, 4) is 0 Å². The number of nitrogens with zero attached hydrogens (tertiary/aromatic N) is 1. The second kappa shape index (κ2) is 9.36. The number of nitrogens with two attached hydrogens (primary N) is 1. The molecule has 0 aromatic carbocycles. The molecule has 5 heteroatoms. The van der Waals surface area contributed by atoms with E-state index in [1.54, 1.807) is 12.0 Å². The van der Waals surface area contributed by atoms with Crippen LogP contribution >= 0.6 is 12.2 Å². The van der Waals surface area contributed by atoms with Gasteiger partial charge in [-0.05, 0) is 5.92 Å². The first-order valence-corrected chi connectivity index (χ1v) is 6.47. The largest absolute Gasteiger partial charge is 0.393 e. The van der Waals surface area contributed by atoms with Gasteiger partial charge in [0.2, 0.25) is 5.91 Å². The molecule has 1 unspecified atom stereocenters. The molecule has 0 spiro atoms. The van der Waals surface area contributed by atoms with Crippen molar-refractivity contribution >= 4 is 23.1 Å². The fraction of sp³-hybridized carbons (Fsp3) is 0.833. The molecule has 0 aliphatic heterocycles. The summed E-state index contributed by atoms with van der Waals surface area (Å²) in [7, 11) is 1.63. The first kappa shape index (κ1) is 16.3. The molecule has 0 fully saturated rings. The van der Waals surface area contributed by atoms with Crippen LogP contribution in [0.15, 0.2) is 0 Å². The van der Waals surface area contributed by atoms with Crippen molar-refractivity contribution in [3.63, 3.8) is 0 Å².